The van der Waals surface area contributed by atoms with Gasteiger partial charge >= 0.3 is 0 Å². The molecule has 1 heterocycles. The van der Waals surface area contributed by atoms with E-state index in [1.165, 1.54) is 0 Å². The van der Waals surface area contributed by atoms with Crippen LogP contribution >= 0.6 is 15.9 Å². The van der Waals surface area contributed by atoms with Gasteiger partial charge in [0, 0.05) is 10.9 Å². The zero-order valence-corrected chi connectivity index (χ0v) is 8.55. The molecule has 1 N–H and O–H groups in total. The lowest BCUT2D eigenvalue weighted by Crippen LogP contribution is -1.91. The Morgan fingerprint density at radius 2 is 2.31 bits per heavy atom. The first-order valence-corrected chi connectivity index (χ1v) is 4.63. The Bertz CT molecular complexity index is 475. The van der Waals surface area contributed by atoms with Crippen molar-refractivity contribution >= 4 is 32.6 Å². The van der Waals surface area contributed by atoms with Crippen LogP contribution in [0.5, 0.6) is 0 Å². The summed E-state index contributed by atoms with van der Waals surface area (Å²) < 4.78 is 0.688. The van der Waals surface area contributed by atoms with Crippen LogP contribution in [0.25, 0.3) is 10.9 Å². The zero-order chi connectivity index (χ0) is 9.42. The van der Waals surface area contributed by atoms with Crippen molar-refractivity contribution in [1.82, 2.24) is 10.2 Å². The molecule has 0 aliphatic rings. The minimum atomic E-state index is 0.0488. The van der Waals surface area contributed by atoms with Crippen LogP contribution in [-0.2, 0) is 0 Å². The van der Waals surface area contributed by atoms with E-state index in [1.54, 1.807) is 13.0 Å². The normalized spacial score (nSPS) is 10.6. The Balaban J connectivity index is 2.88. The largest absolute Gasteiger partial charge is 0.294 e. The molecule has 0 radical (unpaired) electrons. The first-order chi connectivity index (χ1) is 6.20. The van der Waals surface area contributed by atoms with Gasteiger partial charge in [-0.15, -0.1) is 0 Å². The Labute approximate surface area is 83.3 Å². The summed E-state index contributed by atoms with van der Waals surface area (Å²) in [7, 11) is 0. The van der Waals surface area contributed by atoms with E-state index >= 15 is 0 Å². The van der Waals surface area contributed by atoms with Gasteiger partial charge in [-0.3, -0.25) is 9.89 Å². The number of aromatic nitrogens is 2. The van der Waals surface area contributed by atoms with E-state index in [9.17, 15) is 4.79 Å². The second kappa shape index (κ2) is 2.96. The number of aromatic amines is 1. The number of hydrogen-bond acceptors (Lipinski definition) is 2. The highest BCUT2D eigenvalue weighted by Crippen LogP contribution is 2.24. The number of halogens is 1. The molecule has 0 unspecified atom stereocenters. The van der Waals surface area contributed by atoms with E-state index in [0.717, 1.165) is 10.9 Å². The van der Waals surface area contributed by atoms with Crippen molar-refractivity contribution in [2.24, 2.45) is 0 Å². The molecule has 0 spiro atoms. The number of nitrogens with zero attached hydrogens (tertiary/aromatic N) is 1. The molecule has 2 rings (SSSR count). The quantitative estimate of drug-likeness (QED) is 0.777. The molecule has 13 heavy (non-hydrogen) atoms. The van der Waals surface area contributed by atoms with E-state index < -0.39 is 0 Å². The average molecular weight is 239 g/mol. The van der Waals surface area contributed by atoms with Crippen LogP contribution < -0.4 is 0 Å². The lowest BCUT2D eigenvalue weighted by atomic mass is 10.1. The van der Waals surface area contributed by atoms with Crippen LogP contribution in [0, 0.1) is 0 Å². The molecule has 1 aromatic carbocycles. The number of rotatable bonds is 1. The number of carbonyl (C=O) groups excluding carboxylic acids is 1. The fourth-order valence-electron chi connectivity index (χ4n) is 1.33. The SMILES string of the molecule is CC(=O)c1cccc2[nH]nc(Br)c12. The number of benzene rings is 1. The van der Waals surface area contributed by atoms with E-state index in [4.69, 9.17) is 0 Å². The van der Waals surface area contributed by atoms with Gasteiger partial charge in [0.1, 0.15) is 4.60 Å². The maximum Gasteiger partial charge on any atom is 0.160 e. The number of ketones is 1. The van der Waals surface area contributed by atoms with Crippen molar-refractivity contribution in [3.63, 3.8) is 0 Å². The van der Waals surface area contributed by atoms with Crippen molar-refractivity contribution in [2.75, 3.05) is 0 Å². The predicted molar refractivity (Wildman–Crippen MR) is 53.8 cm³/mol. The fourth-order valence-corrected chi connectivity index (χ4v) is 1.84. The second-order valence-electron chi connectivity index (χ2n) is 2.80. The van der Waals surface area contributed by atoms with Gasteiger partial charge in [-0.05, 0) is 28.9 Å². The highest BCUT2D eigenvalue weighted by atomic mass is 79.9. The first-order valence-electron chi connectivity index (χ1n) is 3.83. The molecule has 0 atom stereocenters. The first kappa shape index (κ1) is 8.44. The number of carbonyl (C=O) groups is 1. The Kier molecular flexibility index (Phi) is 1.92. The number of Topliss-reactive ketones (excluding diaryl/α,β-unsaturated/α-hetero) is 1. The van der Waals surface area contributed by atoms with Crippen molar-refractivity contribution < 1.29 is 4.79 Å². The van der Waals surface area contributed by atoms with Crippen molar-refractivity contribution in [3.8, 4) is 0 Å². The second-order valence-corrected chi connectivity index (χ2v) is 3.55. The molecule has 0 fully saturated rings. The van der Waals surface area contributed by atoms with Crippen LogP contribution in [0.3, 0.4) is 0 Å². The summed E-state index contributed by atoms with van der Waals surface area (Å²) in [4.78, 5) is 11.2. The maximum absolute atomic E-state index is 11.2. The van der Waals surface area contributed by atoms with Crippen LogP contribution in [-0.4, -0.2) is 16.0 Å². The average Bonchev–Trinajstić information content (AvgIpc) is 2.48. The standard InChI is InChI=1S/C9H7BrN2O/c1-5(13)6-3-2-4-7-8(6)9(10)12-11-7/h2-4H,1H3,(H,11,12). The summed E-state index contributed by atoms with van der Waals surface area (Å²) in [6.07, 6.45) is 0. The minimum Gasteiger partial charge on any atom is -0.294 e. The summed E-state index contributed by atoms with van der Waals surface area (Å²) in [5.74, 6) is 0.0488. The molecule has 3 nitrogen and oxygen atoms in total. The van der Waals surface area contributed by atoms with Crippen molar-refractivity contribution in [2.45, 2.75) is 6.92 Å². The summed E-state index contributed by atoms with van der Waals surface area (Å²) in [5, 5.41) is 7.67. The zero-order valence-electron chi connectivity index (χ0n) is 6.97. The van der Waals surface area contributed by atoms with Crippen LogP contribution in [0.4, 0.5) is 0 Å². The van der Waals surface area contributed by atoms with Gasteiger partial charge in [0.05, 0.1) is 5.52 Å². The van der Waals surface area contributed by atoms with Crippen LogP contribution in [0.2, 0.25) is 0 Å². The smallest absolute Gasteiger partial charge is 0.160 e. The highest BCUT2D eigenvalue weighted by Gasteiger charge is 2.10. The summed E-state index contributed by atoms with van der Waals surface area (Å²) in [5.41, 5.74) is 1.57. The maximum atomic E-state index is 11.2. The molecular formula is C9H7BrN2O. The molecule has 0 amide bonds. The molecule has 0 aliphatic heterocycles. The van der Waals surface area contributed by atoms with Gasteiger partial charge in [-0.25, -0.2) is 0 Å². The molecule has 1 aromatic heterocycles. The molecular weight excluding hydrogens is 232 g/mol. The summed E-state index contributed by atoms with van der Waals surface area (Å²) >= 11 is 3.29. The lowest BCUT2D eigenvalue weighted by Gasteiger charge is -1.96. The van der Waals surface area contributed by atoms with E-state index in [0.29, 0.717) is 10.2 Å². The third kappa shape index (κ3) is 1.27. The number of nitrogens with one attached hydrogen (secondary N) is 1. The van der Waals surface area contributed by atoms with Gasteiger partial charge in [0.2, 0.25) is 0 Å². The molecule has 0 saturated heterocycles. The third-order valence-corrected chi connectivity index (χ3v) is 2.50. The molecule has 66 valence electrons. The molecule has 0 aliphatic carbocycles. The van der Waals surface area contributed by atoms with Gasteiger partial charge in [-0.2, -0.15) is 5.10 Å². The van der Waals surface area contributed by atoms with E-state index in [2.05, 4.69) is 26.1 Å². The predicted octanol–water partition coefficient (Wildman–Crippen LogP) is 2.53. The van der Waals surface area contributed by atoms with Gasteiger partial charge in [-0.1, -0.05) is 12.1 Å². The van der Waals surface area contributed by atoms with E-state index in [1.807, 2.05) is 12.1 Å². The highest BCUT2D eigenvalue weighted by molar-refractivity contribution is 9.10. The summed E-state index contributed by atoms with van der Waals surface area (Å²) in [6, 6.07) is 5.52. The monoisotopic (exact) mass is 238 g/mol. The minimum absolute atomic E-state index is 0.0488. The summed E-state index contributed by atoms with van der Waals surface area (Å²) in [6.45, 7) is 1.55. The topological polar surface area (TPSA) is 45.8 Å². The molecule has 4 heteroatoms. The van der Waals surface area contributed by atoms with Crippen LogP contribution in [0.15, 0.2) is 22.8 Å². The lowest BCUT2D eigenvalue weighted by molar-refractivity contribution is 0.101. The number of hydrogen-bond donors (Lipinski definition) is 1. The van der Waals surface area contributed by atoms with Crippen molar-refractivity contribution in [1.29, 1.82) is 0 Å². The number of H-pyrrole nitrogens is 1. The van der Waals surface area contributed by atoms with E-state index in [-0.39, 0.29) is 5.78 Å². The van der Waals surface area contributed by atoms with Gasteiger partial charge in [0.25, 0.3) is 0 Å². The Morgan fingerprint density at radius 1 is 1.54 bits per heavy atom. The van der Waals surface area contributed by atoms with Gasteiger partial charge in [0.15, 0.2) is 5.78 Å². The molecule has 2 aromatic rings. The Morgan fingerprint density at radius 3 is 3.00 bits per heavy atom. The molecule has 0 bridgehead atoms. The van der Waals surface area contributed by atoms with Crippen LogP contribution in [0.1, 0.15) is 17.3 Å². The number of fused-ring (bicyclic) bond motifs is 1. The van der Waals surface area contributed by atoms with Crippen molar-refractivity contribution in [3.05, 3.63) is 28.4 Å². The fraction of sp³-hybridized carbons (Fsp3) is 0.111. The molecule has 0 saturated carbocycles. The Hall–Kier alpha value is -1.16. The third-order valence-electron chi connectivity index (χ3n) is 1.92. The van der Waals surface area contributed by atoms with Gasteiger partial charge < -0.3 is 0 Å².